The van der Waals surface area contributed by atoms with Gasteiger partial charge in [0.05, 0.1) is 0 Å². The third-order valence-corrected chi connectivity index (χ3v) is 3.69. The second kappa shape index (κ2) is 6.06. The number of carbonyl (C=O) groups is 1. The number of nitrogens with zero attached hydrogens (tertiary/aromatic N) is 1. The summed E-state index contributed by atoms with van der Waals surface area (Å²) in [5, 5.41) is 3.01. The number of nitrogen functional groups attached to an aromatic ring is 1. The lowest BCUT2D eigenvalue weighted by atomic mass is 10.1. The monoisotopic (exact) mass is 261 g/mol. The molecule has 0 heterocycles. The quantitative estimate of drug-likeness (QED) is 0.769. The predicted octanol–water partition coefficient (Wildman–Crippen LogP) is 1.93. The Labute approximate surface area is 115 Å². The second-order valence-electron chi connectivity index (χ2n) is 5.42. The van der Waals surface area contributed by atoms with Crippen LogP contribution < -0.4 is 11.1 Å². The first-order chi connectivity index (χ1) is 9.06. The summed E-state index contributed by atoms with van der Waals surface area (Å²) in [6, 6.07) is 8.63. The van der Waals surface area contributed by atoms with Gasteiger partial charge in [0.1, 0.15) is 0 Å². The van der Waals surface area contributed by atoms with Gasteiger partial charge in [-0.15, -0.1) is 0 Å². The molecule has 3 N–H and O–H groups in total. The number of benzene rings is 1. The average Bonchev–Trinajstić information content (AvgIpc) is 3.19. The minimum atomic E-state index is 0.161. The maximum atomic E-state index is 11.7. The van der Waals surface area contributed by atoms with Crippen molar-refractivity contribution in [1.29, 1.82) is 0 Å². The fraction of sp³-hybridized carbons (Fsp3) is 0.533. The molecule has 1 aromatic rings. The summed E-state index contributed by atoms with van der Waals surface area (Å²) in [6.07, 6.45) is 2.84. The Morgan fingerprint density at radius 2 is 2.26 bits per heavy atom. The van der Waals surface area contributed by atoms with Crippen molar-refractivity contribution in [2.75, 3.05) is 19.3 Å². The van der Waals surface area contributed by atoms with Crippen molar-refractivity contribution in [2.24, 2.45) is 0 Å². The van der Waals surface area contributed by atoms with E-state index in [4.69, 9.17) is 5.73 Å². The lowest BCUT2D eigenvalue weighted by Gasteiger charge is -2.25. The lowest BCUT2D eigenvalue weighted by Crippen LogP contribution is -2.31. The Morgan fingerprint density at radius 1 is 1.53 bits per heavy atom. The zero-order chi connectivity index (χ0) is 13.8. The summed E-state index contributed by atoms with van der Waals surface area (Å²) < 4.78 is 0. The molecule has 1 aliphatic carbocycles. The molecule has 0 radical (unpaired) electrons. The van der Waals surface area contributed by atoms with Gasteiger partial charge in [-0.25, -0.2) is 0 Å². The average molecular weight is 261 g/mol. The van der Waals surface area contributed by atoms with Gasteiger partial charge in [0.25, 0.3) is 0 Å². The molecule has 4 nitrogen and oxygen atoms in total. The summed E-state index contributed by atoms with van der Waals surface area (Å²) in [5.74, 6) is 0.161. The third-order valence-electron chi connectivity index (χ3n) is 3.69. The van der Waals surface area contributed by atoms with Crippen molar-refractivity contribution in [2.45, 2.75) is 38.3 Å². The van der Waals surface area contributed by atoms with Crippen molar-refractivity contribution >= 4 is 11.6 Å². The van der Waals surface area contributed by atoms with E-state index in [1.807, 2.05) is 25.2 Å². The fourth-order valence-corrected chi connectivity index (χ4v) is 2.07. The van der Waals surface area contributed by atoms with Gasteiger partial charge in [0.2, 0.25) is 5.91 Å². The van der Waals surface area contributed by atoms with Crippen LogP contribution in [-0.4, -0.2) is 30.4 Å². The van der Waals surface area contributed by atoms with E-state index in [0.29, 0.717) is 12.5 Å². The fourth-order valence-electron chi connectivity index (χ4n) is 2.07. The standard InChI is InChI=1S/C15H23N3O/c1-11(12-4-3-5-13(16)10-12)18(2)9-8-15(19)17-14-6-7-14/h3-5,10-11,14H,6-9,16H2,1-2H3,(H,17,19). The molecule has 2 rings (SSSR count). The molecule has 1 unspecified atom stereocenters. The summed E-state index contributed by atoms with van der Waals surface area (Å²) in [5.41, 5.74) is 7.76. The minimum absolute atomic E-state index is 0.161. The third kappa shape index (κ3) is 4.24. The molecule has 1 fully saturated rings. The number of hydrogen-bond donors (Lipinski definition) is 2. The van der Waals surface area contributed by atoms with Gasteiger partial charge in [-0.1, -0.05) is 12.1 Å². The molecule has 0 saturated heterocycles. The SMILES string of the molecule is CC(c1cccc(N)c1)N(C)CCC(=O)NC1CC1. The van der Waals surface area contributed by atoms with E-state index in [-0.39, 0.29) is 11.9 Å². The maximum Gasteiger partial charge on any atom is 0.221 e. The van der Waals surface area contributed by atoms with Crippen molar-refractivity contribution in [3.05, 3.63) is 29.8 Å². The molecular formula is C15H23N3O. The smallest absolute Gasteiger partial charge is 0.221 e. The molecule has 0 bridgehead atoms. The van der Waals surface area contributed by atoms with E-state index in [1.165, 1.54) is 5.56 Å². The molecule has 1 saturated carbocycles. The van der Waals surface area contributed by atoms with Crippen LogP contribution in [0.15, 0.2) is 24.3 Å². The Kier molecular flexibility index (Phi) is 4.43. The highest BCUT2D eigenvalue weighted by atomic mass is 16.1. The molecule has 0 aromatic heterocycles. The van der Waals surface area contributed by atoms with Gasteiger partial charge in [-0.05, 0) is 44.5 Å². The number of carbonyl (C=O) groups excluding carboxylic acids is 1. The van der Waals surface area contributed by atoms with E-state index in [9.17, 15) is 4.79 Å². The van der Waals surface area contributed by atoms with Crippen LogP contribution in [0.25, 0.3) is 0 Å². The summed E-state index contributed by atoms with van der Waals surface area (Å²) in [6.45, 7) is 2.89. The minimum Gasteiger partial charge on any atom is -0.399 e. The van der Waals surface area contributed by atoms with Crippen LogP contribution in [0, 0.1) is 0 Å². The molecule has 1 aromatic carbocycles. The molecule has 0 spiro atoms. The molecule has 1 atom stereocenters. The van der Waals surface area contributed by atoms with E-state index < -0.39 is 0 Å². The number of hydrogen-bond acceptors (Lipinski definition) is 3. The number of nitrogens with one attached hydrogen (secondary N) is 1. The van der Waals surface area contributed by atoms with Gasteiger partial charge in [-0.2, -0.15) is 0 Å². The summed E-state index contributed by atoms with van der Waals surface area (Å²) in [4.78, 5) is 13.8. The topological polar surface area (TPSA) is 58.4 Å². The Balaban J connectivity index is 1.81. The largest absolute Gasteiger partial charge is 0.399 e. The van der Waals surface area contributed by atoms with Gasteiger partial charge < -0.3 is 11.1 Å². The number of amides is 1. The second-order valence-corrected chi connectivity index (χ2v) is 5.42. The van der Waals surface area contributed by atoms with E-state index >= 15 is 0 Å². The first-order valence-electron chi connectivity index (χ1n) is 6.91. The van der Waals surface area contributed by atoms with Crippen molar-refractivity contribution in [3.8, 4) is 0 Å². The van der Waals surface area contributed by atoms with E-state index in [1.54, 1.807) is 0 Å². The van der Waals surface area contributed by atoms with Crippen LogP contribution in [0.2, 0.25) is 0 Å². The Bertz CT molecular complexity index is 443. The number of nitrogens with two attached hydrogens (primary N) is 1. The molecule has 1 aliphatic rings. The molecule has 1 amide bonds. The van der Waals surface area contributed by atoms with Gasteiger partial charge >= 0.3 is 0 Å². The Morgan fingerprint density at radius 3 is 2.89 bits per heavy atom. The predicted molar refractivity (Wildman–Crippen MR) is 77.7 cm³/mol. The Hall–Kier alpha value is -1.55. The maximum absolute atomic E-state index is 11.7. The van der Waals surface area contributed by atoms with Crippen LogP contribution in [-0.2, 0) is 4.79 Å². The highest BCUT2D eigenvalue weighted by Gasteiger charge is 2.23. The van der Waals surface area contributed by atoms with Gasteiger partial charge in [0.15, 0.2) is 0 Å². The van der Waals surface area contributed by atoms with E-state index in [2.05, 4.69) is 23.2 Å². The first kappa shape index (κ1) is 13.9. The highest BCUT2D eigenvalue weighted by molar-refractivity contribution is 5.76. The van der Waals surface area contributed by atoms with Crippen molar-refractivity contribution < 1.29 is 4.79 Å². The molecular weight excluding hydrogens is 238 g/mol. The highest BCUT2D eigenvalue weighted by Crippen LogP contribution is 2.21. The van der Waals surface area contributed by atoms with Crippen LogP contribution in [0.4, 0.5) is 5.69 Å². The van der Waals surface area contributed by atoms with Crippen molar-refractivity contribution in [1.82, 2.24) is 10.2 Å². The summed E-state index contributed by atoms with van der Waals surface area (Å²) in [7, 11) is 2.04. The van der Waals surface area contributed by atoms with Crippen LogP contribution >= 0.6 is 0 Å². The number of anilines is 1. The lowest BCUT2D eigenvalue weighted by molar-refractivity contribution is -0.121. The van der Waals surface area contributed by atoms with Gasteiger partial charge in [-0.3, -0.25) is 9.69 Å². The molecule has 0 aliphatic heterocycles. The van der Waals surface area contributed by atoms with Gasteiger partial charge in [0, 0.05) is 30.7 Å². The summed E-state index contributed by atoms with van der Waals surface area (Å²) >= 11 is 0. The van der Waals surface area contributed by atoms with Crippen molar-refractivity contribution in [3.63, 3.8) is 0 Å². The normalized spacial score (nSPS) is 16.4. The molecule has 4 heteroatoms. The number of rotatable bonds is 6. The van der Waals surface area contributed by atoms with Crippen LogP contribution in [0.1, 0.15) is 37.8 Å². The van der Waals surface area contributed by atoms with Crippen LogP contribution in [0.3, 0.4) is 0 Å². The zero-order valence-electron chi connectivity index (χ0n) is 11.7. The molecule has 19 heavy (non-hydrogen) atoms. The first-order valence-corrected chi connectivity index (χ1v) is 6.91. The van der Waals surface area contributed by atoms with E-state index in [0.717, 1.165) is 25.1 Å². The zero-order valence-corrected chi connectivity index (χ0v) is 11.7. The molecule has 104 valence electrons. The van der Waals surface area contributed by atoms with Crippen LogP contribution in [0.5, 0.6) is 0 Å².